The summed E-state index contributed by atoms with van der Waals surface area (Å²) in [7, 11) is 0. The van der Waals surface area contributed by atoms with E-state index in [1.807, 2.05) is 4.90 Å². The third kappa shape index (κ3) is 5.59. The minimum atomic E-state index is 0. The van der Waals surface area contributed by atoms with Crippen LogP contribution in [-0.4, -0.2) is 55.8 Å². The molecule has 2 fully saturated rings. The fourth-order valence-electron chi connectivity index (χ4n) is 3.33. The molecule has 2 aliphatic heterocycles. The SMILES string of the molecule is Cc1ccc(C)c(OC2CCN(C(=O)CC3COCCN3)CC2)c1.Cl. The van der Waals surface area contributed by atoms with Crippen LogP contribution in [0.25, 0.3) is 0 Å². The molecule has 2 saturated heterocycles. The highest BCUT2D eigenvalue weighted by Crippen LogP contribution is 2.24. The summed E-state index contributed by atoms with van der Waals surface area (Å²) in [4.78, 5) is 14.4. The Hall–Kier alpha value is -1.30. The van der Waals surface area contributed by atoms with Gasteiger partial charge in [0.25, 0.3) is 0 Å². The highest BCUT2D eigenvalue weighted by Gasteiger charge is 2.26. The van der Waals surface area contributed by atoms with E-state index in [4.69, 9.17) is 9.47 Å². The summed E-state index contributed by atoms with van der Waals surface area (Å²) in [5, 5.41) is 3.34. The second kappa shape index (κ2) is 9.41. The standard InChI is InChI=1S/C19H28N2O3.ClH/c1-14-3-4-15(2)18(11-14)24-17-5-8-21(9-6-17)19(22)12-16-13-23-10-7-20-16;/h3-4,11,16-17,20H,5-10,12-13H2,1-2H3;1H. The Bertz CT molecular complexity index is 568. The highest BCUT2D eigenvalue weighted by molar-refractivity contribution is 5.85. The molecule has 0 spiro atoms. The molecule has 0 aromatic heterocycles. The Morgan fingerprint density at radius 2 is 2.08 bits per heavy atom. The van der Waals surface area contributed by atoms with Crippen LogP contribution in [0.1, 0.15) is 30.4 Å². The van der Waals surface area contributed by atoms with Gasteiger partial charge in [0.2, 0.25) is 5.91 Å². The largest absolute Gasteiger partial charge is 0.490 e. The van der Waals surface area contributed by atoms with E-state index in [2.05, 4.69) is 37.4 Å². The number of likely N-dealkylation sites (tertiary alicyclic amines) is 1. The predicted octanol–water partition coefficient (Wildman–Crippen LogP) is 2.47. The van der Waals surface area contributed by atoms with Crippen LogP contribution in [0, 0.1) is 13.8 Å². The van der Waals surface area contributed by atoms with Crippen LogP contribution in [0.2, 0.25) is 0 Å². The molecule has 1 aromatic carbocycles. The van der Waals surface area contributed by atoms with Crippen molar-refractivity contribution in [3.05, 3.63) is 29.3 Å². The molecule has 5 nitrogen and oxygen atoms in total. The third-order valence-corrected chi connectivity index (χ3v) is 4.85. The highest BCUT2D eigenvalue weighted by atomic mass is 35.5. The van der Waals surface area contributed by atoms with Gasteiger partial charge in [-0.3, -0.25) is 4.79 Å². The Balaban J connectivity index is 0.00000225. The van der Waals surface area contributed by atoms with Crippen LogP contribution in [0.15, 0.2) is 18.2 Å². The summed E-state index contributed by atoms with van der Waals surface area (Å²) < 4.78 is 11.6. The average Bonchev–Trinajstić information content (AvgIpc) is 2.60. The number of nitrogens with one attached hydrogen (secondary N) is 1. The number of carbonyl (C=O) groups is 1. The summed E-state index contributed by atoms with van der Waals surface area (Å²) >= 11 is 0. The molecule has 0 radical (unpaired) electrons. The first-order valence-corrected chi connectivity index (χ1v) is 8.94. The van der Waals surface area contributed by atoms with Crippen molar-refractivity contribution in [2.75, 3.05) is 32.8 Å². The van der Waals surface area contributed by atoms with Crippen molar-refractivity contribution in [2.24, 2.45) is 0 Å². The summed E-state index contributed by atoms with van der Waals surface area (Å²) in [5.41, 5.74) is 2.38. The molecule has 3 rings (SSSR count). The first-order chi connectivity index (χ1) is 11.6. The summed E-state index contributed by atoms with van der Waals surface area (Å²) in [5.74, 6) is 1.20. The Morgan fingerprint density at radius 1 is 1.32 bits per heavy atom. The van der Waals surface area contributed by atoms with Crippen molar-refractivity contribution in [3.8, 4) is 5.75 Å². The monoisotopic (exact) mass is 368 g/mol. The molecule has 0 aliphatic carbocycles. The van der Waals surface area contributed by atoms with Crippen LogP contribution in [-0.2, 0) is 9.53 Å². The topological polar surface area (TPSA) is 50.8 Å². The van der Waals surface area contributed by atoms with E-state index in [-0.39, 0.29) is 30.5 Å². The number of aryl methyl sites for hydroxylation is 2. The fraction of sp³-hybridized carbons (Fsp3) is 0.632. The van der Waals surface area contributed by atoms with Crippen molar-refractivity contribution >= 4 is 18.3 Å². The number of morpholine rings is 1. The van der Waals surface area contributed by atoms with Crippen LogP contribution >= 0.6 is 12.4 Å². The van der Waals surface area contributed by atoms with Gasteiger partial charge in [0.15, 0.2) is 0 Å². The molecule has 1 N–H and O–H groups in total. The number of carbonyl (C=O) groups excluding carboxylic acids is 1. The van der Waals surface area contributed by atoms with Gasteiger partial charge in [0.05, 0.1) is 13.2 Å². The van der Waals surface area contributed by atoms with Gasteiger partial charge in [-0.2, -0.15) is 0 Å². The average molecular weight is 369 g/mol. The molecule has 0 saturated carbocycles. The minimum Gasteiger partial charge on any atom is -0.490 e. The van der Waals surface area contributed by atoms with E-state index in [1.54, 1.807) is 0 Å². The number of nitrogens with zero attached hydrogens (tertiary/aromatic N) is 1. The van der Waals surface area contributed by atoms with Crippen molar-refractivity contribution in [3.63, 3.8) is 0 Å². The van der Waals surface area contributed by atoms with E-state index in [0.717, 1.165) is 44.8 Å². The normalized spacial score (nSPS) is 21.5. The van der Waals surface area contributed by atoms with Gasteiger partial charge in [-0.25, -0.2) is 0 Å². The molecule has 140 valence electrons. The number of halogens is 1. The fourth-order valence-corrected chi connectivity index (χ4v) is 3.33. The zero-order valence-electron chi connectivity index (χ0n) is 15.1. The number of ether oxygens (including phenoxy) is 2. The van der Waals surface area contributed by atoms with E-state index >= 15 is 0 Å². The van der Waals surface area contributed by atoms with Gasteiger partial charge in [0.1, 0.15) is 11.9 Å². The Labute approximate surface area is 156 Å². The van der Waals surface area contributed by atoms with Gasteiger partial charge in [-0.05, 0) is 31.0 Å². The number of hydrogen-bond donors (Lipinski definition) is 1. The van der Waals surface area contributed by atoms with Crippen molar-refractivity contribution in [1.29, 1.82) is 0 Å². The second-order valence-electron chi connectivity index (χ2n) is 6.90. The summed E-state index contributed by atoms with van der Waals surface area (Å²) in [6.07, 6.45) is 2.52. The van der Waals surface area contributed by atoms with Crippen molar-refractivity contribution in [1.82, 2.24) is 10.2 Å². The third-order valence-electron chi connectivity index (χ3n) is 4.85. The smallest absolute Gasteiger partial charge is 0.224 e. The molecular weight excluding hydrogens is 340 g/mol. The zero-order valence-corrected chi connectivity index (χ0v) is 15.9. The molecule has 25 heavy (non-hydrogen) atoms. The first kappa shape index (κ1) is 20.0. The quantitative estimate of drug-likeness (QED) is 0.887. The maximum absolute atomic E-state index is 12.4. The molecule has 0 bridgehead atoms. The van der Waals surface area contributed by atoms with Crippen molar-refractivity contribution in [2.45, 2.75) is 45.3 Å². The molecule has 1 atom stereocenters. The van der Waals surface area contributed by atoms with Gasteiger partial charge < -0.3 is 19.7 Å². The number of amides is 1. The van der Waals surface area contributed by atoms with Crippen LogP contribution in [0.5, 0.6) is 5.75 Å². The summed E-state index contributed by atoms with van der Waals surface area (Å²) in [6.45, 7) is 7.93. The number of hydrogen-bond acceptors (Lipinski definition) is 4. The van der Waals surface area contributed by atoms with Crippen molar-refractivity contribution < 1.29 is 14.3 Å². The lowest BCUT2D eigenvalue weighted by atomic mass is 10.1. The molecule has 2 aliphatic rings. The van der Waals surface area contributed by atoms with Gasteiger partial charge in [0, 0.05) is 44.9 Å². The van der Waals surface area contributed by atoms with E-state index < -0.39 is 0 Å². The Morgan fingerprint density at radius 3 is 2.76 bits per heavy atom. The Kier molecular flexibility index (Phi) is 7.54. The van der Waals surface area contributed by atoms with E-state index in [0.29, 0.717) is 13.0 Å². The lowest BCUT2D eigenvalue weighted by molar-refractivity contribution is -0.134. The number of benzene rings is 1. The molecule has 1 aromatic rings. The van der Waals surface area contributed by atoms with Crippen LogP contribution in [0.4, 0.5) is 0 Å². The predicted molar refractivity (Wildman–Crippen MR) is 101 cm³/mol. The van der Waals surface area contributed by atoms with Crippen LogP contribution < -0.4 is 10.1 Å². The molecular formula is C19H29ClN2O3. The van der Waals surface area contributed by atoms with Gasteiger partial charge >= 0.3 is 0 Å². The van der Waals surface area contributed by atoms with Gasteiger partial charge in [-0.15, -0.1) is 12.4 Å². The second-order valence-corrected chi connectivity index (χ2v) is 6.90. The minimum absolute atomic E-state index is 0. The lowest BCUT2D eigenvalue weighted by Crippen LogP contribution is -2.47. The van der Waals surface area contributed by atoms with Gasteiger partial charge in [-0.1, -0.05) is 12.1 Å². The molecule has 1 unspecified atom stereocenters. The zero-order chi connectivity index (χ0) is 16.9. The summed E-state index contributed by atoms with van der Waals surface area (Å²) in [6, 6.07) is 6.46. The number of piperidine rings is 1. The maximum atomic E-state index is 12.4. The van der Waals surface area contributed by atoms with Crippen LogP contribution in [0.3, 0.4) is 0 Å². The lowest BCUT2D eigenvalue weighted by Gasteiger charge is -2.34. The maximum Gasteiger partial charge on any atom is 0.224 e. The number of rotatable bonds is 4. The molecule has 2 heterocycles. The molecule has 1 amide bonds. The molecule has 6 heteroatoms. The van der Waals surface area contributed by atoms with E-state index in [9.17, 15) is 4.79 Å². The van der Waals surface area contributed by atoms with E-state index in [1.165, 1.54) is 11.1 Å². The first-order valence-electron chi connectivity index (χ1n) is 8.94.